The molecule has 1 fully saturated rings. The zero-order chi connectivity index (χ0) is 12.0. The summed E-state index contributed by atoms with van der Waals surface area (Å²) in [7, 11) is 0. The second kappa shape index (κ2) is 6.24. The van der Waals surface area contributed by atoms with Crippen LogP contribution in [0.15, 0.2) is 0 Å². The number of nitrogens with one attached hydrogen (secondary N) is 2. The monoisotopic (exact) mass is 226 g/mol. The van der Waals surface area contributed by atoms with Crippen LogP contribution in [0.5, 0.6) is 0 Å². The van der Waals surface area contributed by atoms with Crippen molar-refractivity contribution in [2.45, 2.75) is 58.9 Å². The van der Waals surface area contributed by atoms with Gasteiger partial charge in [-0.15, -0.1) is 0 Å². The van der Waals surface area contributed by atoms with E-state index in [1.165, 1.54) is 0 Å². The van der Waals surface area contributed by atoms with Gasteiger partial charge in [-0.2, -0.15) is 0 Å². The lowest BCUT2D eigenvalue weighted by Crippen LogP contribution is -2.48. The number of carbonyl (C=O) groups is 1. The van der Waals surface area contributed by atoms with E-state index in [4.69, 9.17) is 0 Å². The normalized spacial score (nSPS) is 21.4. The van der Waals surface area contributed by atoms with E-state index in [1.807, 2.05) is 0 Å². The fraction of sp³-hybridized carbons (Fsp3) is 0.923. The minimum absolute atomic E-state index is 0.146. The Bertz CT molecular complexity index is 222. The molecular weight excluding hydrogens is 200 g/mol. The van der Waals surface area contributed by atoms with Crippen LogP contribution in [0.2, 0.25) is 0 Å². The van der Waals surface area contributed by atoms with Gasteiger partial charge < -0.3 is 10.6 Å². The number of rotatable bonds is 5. The zero-order valence-corrected chi connectivity index (χ0v) is 10.9. The molecule has 0 aromatic carbocycles. The molecule has 1 saturated heterocycles. The second-order valence-corrected chi connectivity index (χ2v) is 5.18. The van der Waals surface area contributed by atoms with Gasteiger partial charge in [0.2, 0.25) is 5.91 Å². The van der Waals surface area contributed by atoms with Crippen LogP contribution in [0.1, 0.15) is 52.9 Å². The first kappa shape index (κ1) is 13.5. The van der Waals surface area contributed by atoms with Crippen molar-refractivity contribution in [3.05, 3.63) is 0 Å². The van der Waals surface area contributed by atoms with Crippen molar-refractivity contribution in [1.82, 2.24) is 10.6 Å². The third-order valence-corrected chi connectivity index (χ3v) is 3.72. The molecule has 1 unspecified atom stereocenters. The van der Waals surface area contributed by atoms with Crippen molar-refractivity contribution >= 4 is 5.91 Å². The largest absolute Gasteiger partial charge is 0.353 e. The smallest absolute Gasteiger partial charge is 0.226 e. The summed E-state index contributed by atoms with van der Waals surface area (Å²) in [6.07, 6.45) is 5.18. The van der Waals surface area contributed by atoms with E-state index in [0.29, 0.717) is 6.04 Å². The van der Waals surface area contributed by atoms with Crippen LogP contribution in [-0.4, -0.2) is 25.0 Å². The maximum atomic E-state index is 12.2. The Kier molecular flexibility index (Phi) is 5.26. The molecule has 0 spiro atoms. The van der Waals surface area contributed by atoms with E-state index in [9.17, 15) is 4.79 Å². The van der Waals surface area contributed by atoms with Crippen molar-refractivity contribution in [3.63, 3.8) is 0 Å². The number of piperidine rings is 1. The highest BCUT2D eigenvalue weighted by Gasteiger charge is 2.35. The number of hydrogen-bond donors (Lipinski definition) is 2. The summed E-state index contributed by atoms with van der Waals surface area (Å²) in [6.45, 7) is 8.34. The molecular formula is C13H26N2O. The van der Waals surface area contributed by atoms with E-state index in [-0.39, 0.29) is 11.3 Å². The first-order chi connectivity index (χ1) is 7.62. The maximum Gasteiger partial charge on any atom is 0.226 e. The van der Waals surface area contributed by atoms with E-state index < -0.39 is 0 Å². The summed E-state index contributed by atoms with van der Waals surface area (Å²) in [5, 5.41) is 6.52. The summed E-state index contributed by atoms with van der Waals surface area (Å²) in [5.41, 5.74) is -0.146. The molecule has 1 aliphatic heterocycles. The van der Waals surface area contributed by atoms with Gasteiger partial charge >= 0.3 is 0 Å². The minimum atomic E-state index is -0.146. The summed E-state index contributed by atoms with van der Waals surface area (Å²) in [6, 6.07) is 0.365. The third kappa shape index (κ3) is 3.48. The average Bonchev–Trinajstić information content (AvgIpc) is 2.29. The molecule has 0 radical (unpaired) electrons. The summed E-state index contributed by atoms with van der Waals surface area (Å²) < 4.78 is 0. The highest BCUT2D eigenvalue weighted by Crippen LogP contribution is 2.28. The Labute approximate surface area is 99.4 Å². The first-order valence-corrected chi connectivity index (χ1v) is 6.64. The highest BCUT2D eigenvalue weighted by atomic mass is 16.2. The van der Waals surface area contributed by atoms with Gasteiger partial charge in [0.15, 0.2) is 0 Å². The molecule has 3 heteroatoms. The molecule has 1 amide bonds. The van der Waals surface area contributed by atoms with E-state index in [0.717, 1.165) is 45.2 Å². The standard InChI is InChI=1S/C13H26N2O/c1-4-6-11(5-2)15-12(16)13(3)7-9-14-10-8-13/h11,14H,4-10H2,1-3H3,(H,15,16). The molecule has 94 valence electrons. The van der Waals surface area contributed by atoms with E-state index >= 15 is 0 Å². The van der Waals surface area contributed by atoms with Crippen molar-refractivity contribution in [2.24, 2.45) is 5.41 Å². The lowest BCUT2D eigenvalue weighted by Gasteiger charge is -2.34. The quantitative estimate of drug-likeness (QED) is 0.753. The van der Waals surface area contributed by atoms with Crippen LogP contribution in [0.4, 0.5) is 0 Å². The average molecular weight is 226 g/mol. The van der Waals surface area contributed by atoms with Gasteiger partial charge in [-0.05, 0) is 38.8 Å². The summed E-state index contributed by atoms with van der Waals surface area (Å²) >= 11 is 0. The highest BCUT2D eigenvalue weighted by molar-refractivity contribution is 5.82. The molecule has 0 aliphatic carbocycles. The van der Waals surface area contributed by atoms with Crippen LogP contribution in [0, 0.1) is 5.41 Å². The molecule has 3 nitrogen and oxygen atoms in total. The topological polar surface area (TPSA) is 41.1 Å². The van der Waals surface area contributed by atoms with Gasteiger partial charge in [-0.3, -0.25) is 4.79 Å². The third-order valence-electron chi connectivity index (χ3n) is 3.72. The Hall–Kier alpha value is -0.570. The van der Waals surface area contributed by atoms with E-state index in [2.05, 4.69) is 31.4 Å². The van der Waals surface area contributed by atoms with Gasteiger partial charge in [0.05, 0.1) is 0 Å². The molecule has 0 bridgehead atoms. The molecule has 16 heavy (non-hydrogen) atoms. The lowest BCUT2D eigenvalue weighted by molar-refractivity contribution is -0.132. The number of amides is 1. The van der Waals surface area contributed by atoms with Crippen molar-refractivity contribution < 1.29 is 4.79 Å². The SMILES string of the molecule is CCCC(CC)NC(=O)C1(C)CCNCC1. The van der Waals surface area contributed by atoms with Crippen molar-refractivity contribution in [1.29, 1.82) is 0 Å². The molecule has 0 aromatic heterocycles. The summed E-state index contributed by atoms with van der Waals surface area (Å²) in [5.74, 6) is 0.259. The number of hydrogen-bond acceptors (Lipinski definition) is 2. The molecule has 1 heterocycles. The molecule has 2 N–H and O–H groups in total. The fourth-order valence-electron chi connectivity index (χ4n) is 2.29. The van der Waals surface area contributed by atoms with E-state index in [1.54, 1.807) is 0 Å². The van der Waals surface area contributed by atoms with Gasteiger partial charge in [0.1, 0.15) is 0 Å². The van der Waals surface area contributed by atoms with Crippen LogP contribution >= 0.6 is 0 Å². The first-order valence-electron chi connectivity index (χ1n) is 6.64. The molecule has 1 aliphatic rings. The second-order valence-electron chi connectivity index (χ2n) is 5.18. The van der Waals surface area contributed by atoms with Gasteiger partial charge in [0, 0.05) is 11.5 Å². The minimum Gasteiger partial charge on any atom is -0.353 e. The predicted octanol–water partition coefficient (Wildman–Crippen LogP) is 2.07. The molecule has 1 rings (SSSR count). The molecule has 0 saturated carbocycles. The molecule has 1 atom stereocenters. The van der Waals surface area contributed by atoms with Gasteiger partial charge in [-0.25, -0.2) is 0 Å². The Morgan fingerprint density at radius 2 is 2.00 bits per heavy atom. The van der Waals surface area contributed by atoms with Crippen LogP contribution in [0.25, 0.3) is 0 Å². The maximum absolute atomic E-state index is 12.2. The van der Waals surface area contributed by atoms with Crippen LogP contribution in [0.3, 0.4) is 0 Å². The van der Waals surface area contributed by atoms with Gasteiger partial charge in [0.25, 0.3) is 0 Å². The Morgan fingerprint density at radius 1 is 1.38 bits per heavy atom. The Balaban J connectivity index is 2.48. The Morgan fingerprint density at radius 3 is 2.50 bits per heavy atom. The van der Waals surface area contributed by atoms with Crippen LogP contribution in [-0.2, 0) is 4.79 Å². The predicted molar refractivity (Wildman–Crippen MR) is 67.3 cm³/mol. The van der Waals surface area contributed by atoms with Crippen LogP contribution < -0.4 is 10.6 Å². The fourth-order valence-corrected chi connectivity index (χ4v) is 2.29. The van der Waals surface area contributed by atoms with Crippen molar-refractivity contribution in [2.75, 3.05) is 13.1 Å². The van der Waals surface area contributed by atoms with Gasteiger partial charge in [-0.1, -0.05) is 27.2 Å². The lowest BCUT2D eigenvalue weighted by atomic mass is 9.80. The number of carbonyl (C=O) groups excluding carboxylic acids is 1. The summed E-state index contributed by atoms with van der Waals surface area (Å²) in [4.78, 5) is 12.2. The zero-order valence-electron chi connectivity index (χ0n) is 10.9. The molecule has 0 aromatic rings. The van der Waals surface area contributed by atoms with Crippen molar-refractivity contribution in [3.8, 4) is 0 Å².